The number of nitrogens with zero attached hydrogens (tertiary/aromatic N) is 2. The van der Waals surface area contributed by atoms with E-state index in [-0.39, 0.29) is 5.91 Å². The van der Waals surface area contributed by atoms with E-state index >= 15 is 0 Å². The van der Waals surface area contributed by atoms with Crippen molar-refractivity contribution in [1.82, 2.24) is 15.4 Å². The summed E-state index contributed by atoms with van der Waals surface area (Å²) in [6.07, 6.45) is 3.14. The monoisotopic (exact) mass is 505 g/mol. The second-order valence-electron chi connectivity index (χ2n) is 9.87. The van der Waals surface area contributed by atoms with Gasteiger partial charge in [-0.05, 0) is 91.7 Å². The van der Waals surface area contributed by atoms with E-state index in [0.29, 0.717) is 30.6 Å². The highest BCUT2D eigenvalue weighted by molar-refractivity contribution is 5.77. The average molecular weight is 506 g/mol. The number of benzene rings is 2. The van der Waals surface area contributed by atoms with E-state index in [9.17, 15) is 4.79 Å². The van der Waals surface area contributed by atoms with Crippen molar-refractivity contribution < 1.29 is 23.5 Å². The highest BCUT2D eigenvalue weighted by Gasteiger charge is 2.31. The van der Waals surface area contributed by atoms with Gasteiger partial charge in [-0.1, -0.05) is 5.16 Å². The molecule has 8 heteroatoms. The summed E-state index contributed by atoms with van der Waals surface area (Å²) in [4.78, 5) is 15.4. The third-order valence-corrected chi connectivity index (χ3v) is 7.68. The molecular formula is C29H35N3O5. The summed E-state index contributed by atoms with van der Waals surface area (Å²) >= 11 is 0. The van der Waals surface area contributed by atoms with Crippen molar-refractivity contribution in [1.29, 1.82) is 0 Å². The average Bonchev–Trinajstić information content (AvgIpc) is 3.41. The standard InChI is InChI=1S/C29H35N3O5/c1-34-25-6-4-19(5-7-25)26-16-24(31-37-26)12-22-17-30-10-8-20(22)15-29(33)32-11-9-21-13-27(35-2)28(36-3)14-23(21)18-32/h4-7,13-14,16,20,22,30H,8-12,15,17-18H2,1-3H3/t20-,22+/m0/s1. The van der Waals surface area contributed by atoms with E-state index in [1.165, 1.54) is 5.56 Å². The van der Waals surface area contributed by atoms with Crippen LogP contribution >= 0.6 is 0 Å². The summed E-state index contributed by atoms with van der Waals surface area (Å²) in [5, 5.41) is 7.84. The number of aromatic nitrogens is 1. The minimum Gasteiger partial charge on any atom is -0.497 e. The SMILES string of the molecule is COc1ccc(-c2cc(C[C@@H]3CNCC[C@H]3CC(=O)N3CCc4cc(OC)c(OC)cc4C3)no2)cc1. The van der Waals surface area contributed by atoms with Crippen LogP contribution in [-0.2, 0) is 24.2 Å². The van der Waals surface area contributed by atoms with Gasteiger partial charge in [-0.3, -0.25) is 4.79 Å². The lowest BCUT2D eigenvalue weighted by Gasteiger charge is -2.35. The lowest BCUT2D eigenvalue weighted by atomic mass is 9.80. The summed E-state index contributed by atoms with van der Waals surface area (Å²) in [7, 11) is 4.94. The van der Waals surface area contributed by atoms with Gasteiger partial charge in [-0.25, -0.2) is 0 Å². The molecule has 0 bridgehead atoms. The maximum Gasteiger partial charge on any atom is 0.223 e. The quantitative estimate of drug-likeness (QED) is 0.493. The van der Waals surface area contributed by atoms with Crippen molar-refractivity contribution in [3.05, 3.63) is 59.3 Å². The van der Waals surface area contributed by atoms with Crippen molar-refractivity contribution >= 4 is 5.91 Å². The fourth-order valence-electron chi connectivity index (χ4n) is 5.50. The molecule has 3 heterocycles. The number of fused-ring (bicyclic) bond motifs is 1. The molecule has 5 rings (SSSR count). The van der Waals surface area contributed by atoms with Crippen molar-refractivity contribution in [2.24, 2.45) is 11.8 Å². The maximum atomic E-state index is 13.4. The molecule has 0 spiro atoms. The summed E-state index contributed by atoms with van der Waals surface area (Å²) < 4.78 is 21.8. The first-order chi connectivity index (χ1) is 18.1. The Morgan fingerprint density at radius 1 is 1.03 bits per heavy atom. The predicted octanol–water partition coefficient (Wildman–Crippen LogP) is 4.11. The summed E-state index contributed by atoms with van der Waals surface area (Å²) in [5.41, 5.74) is 4.24. The smallest absolute Gasteiger partial charge is 0.223 e. The van der Waals surface area contributed by atoms with E-state index in [2.05, 4.69) is 10.5 Å². The molecule has 2 atom stereocenters. The van der Waals surface area contributed by atoms with Gasteiger partial charge in [0.2, 0.25) is 5.91 Å². The van der Waals surface area contributed by atoms with E-state index < -0.39 is 0 Å². The van der Waals surface area contributed by atoms with Crippen LogP contribution in [0, 0.1) is 11.8 Å². The minimum atomic E-state index is 0.219. The Bertz CT molecular complexity index is 1220. The van der Waals surface area contributed by atoms with Gasteiger partial charge in [0.25, 0.3) is 0 Å². The van der Waals surface area contributed by atoms with Gasteiger partial charge < -0.3 is 29.0 Å². The third kappa shape index (κ3) is 5.59. The Morgan fingerprint density at radius 3 is 2.51 bits per heavy atom. The van der Waals surface area contributed by atoms with Crippen LogP contribution in [-0.4, -0.2) is 56.9 Å². The van der Waals surface area contributed by atoms with Crippen LogP contribution in [0.5, 0.6) is 17.2 Å². The fraction of sp³-hybridized carbons (Fsp3) is 0.448. The number of methoxy groups -OCH3 is 3. The molecule has 2 aliphatic heterocycles. The van der Waals surface area contributed by atoms with Crippen LogP contribution in [0.2, 0.25) is 0 Å². The summed E-state index contributed by atoms with van der Waals surface area (Å²) in [6.45, 7) is 3.15. The molecule has 0 radical (unpaired) electrons. The molecule has 1 N–H and O–H groups in total. The Hall–Kier alpha value is -3.52. The lowest BCUT2D eigenvalue weighted by molar-refractivity contribution is -0.133. The Balaban J connectivity index is 1.23. The number of nitrogens with one attached hydrogen (secondary N) is 1. The van der Waals surface area contributed by atoms with E-state index in [1.807, 2.05) is 47.4 Å². The van der Waals surface area contributed by atoms with E-state index in [4.69, 9.17) is 18.7 Å². The van der Waals surface area contributed by atoms with Gasteiger partial charge in [-0.2, -0.15) is 0 Å². The molecule has 37 heavy (non-hydrogen) atoms. The van der Waals surface area contributed by atoms with Crippen molar-refractivity contribution in [2.45, 2.75) is 32.2 Å². The number of hydrogen-bond acceptors (Lipinski definition) is 7. The van der Waals surface area contributed by atoms with Crippen LogP contribution in [0.4, 0.5) is 0 Å². The Labute approximate surface area is 217 Å². The molecular weight excluding hydrogens is 470 g/mol. The van der Waals surface area contributed by atoms with Crippen LogP contribution in [0.3, 0.4) is 0 Å². The first-order valence-electron chi connectivity index (χ1n) is 12.9. The second-order valence-corrected chi connectivity index (χ2v) is 9.87. The van der Waals surface area contributed by atoms with Gasteiger partial charge in [0, 0.05) is 31.1 Å². The van der Waals surface area contributed by atoms with E-state index in [0.717, 1.165) is 73.0 Å². The number of carbonyl (C=O) groups is 1. The Kier molecular flexibility index (Phi) is 7.65. The van der Waals surface area contributed by atoms with Gasteiger partial charge in [0.15, 0.2) is 17.3 Å². The molecule has 196 valence electrons. The lowest BCUT2D eigenvalue weighted by Crippen LogP contribution is -2.42. The molecule has 2 aromatic carbocycles. The molecule has 0 saturated carbocycles. The number of ether oxygens (including phenoxy) is 3. The zero-order chi connectivity index (χ0) is 25.8. The van der Waals surface area contributed by atoms with Crippen LogP contribution < -0.4 is 19.5 Å². The largest absolute Gasteiger partial charge is 0.497 e. The molecule has 1 aromatic heterocycles. The summed E-state index contributed by atoms with van der Waals surface area (Å²) in [6, 6.07) is 13.8. The highest BCUT2D eigenvalue weighted by atomic mass is 16.5. The molecule has 1 saturated heterocycles. The number of hydrogen-bond donors (Lipinski definition) is 1. The number of piperidine rings is 1. The first-order valence-corrected chi connectivity index (χ1v) is 12.9. The molecule has 0 unspecified atom stereocenters. The number of carbonyl (C=O) groups excluding carboxylic acids is 1. The molecule has 3 aromatic rings. The van der Waals surface area contributed by atoms with Crippen LogP contribution in [0.15, 0.2) is 47.0 Å². The molecule has 8 nitrogen and oxygen atoms in total. The number of amides is 1. The fourth-order valence-corrected chi connectivity index (χ4v) is 5.50. The van der Waals surface area contributed by atoms with Gasteiger partial charge in [0.05, 0.1) is 27.0 Å². The van der Waals surface area contributed by atoms with Crippen LogP contribution in [0.1, 0.15) is 29.7 Å². The zero-order valence-electron chi connectivity index (χ0n) is 21.8. The molecule has 0 aliphatic carbocycles. The van der Waals surface area contributed by atoms with Gasteiger partial charge >= 0.3 is 0 Å². The Morgan fingerprint density at radius 2 is 1.78 bits per heavy atom. The first kappa shape index (κ1) is 25.1. The van der Waals surface area contributed by atoms with Crippen molar-refractivity contribution in [3.8, 4) is 28.6 Å². The predicted molar refractivity (Wildman–Crippen MR) is 140 cm³/mol. The summed E-state index contributed by atoms with van der Waals surface area (Å²) in [5.74, 6) is 3.84. The number of rotatable bonds is 8. The molecule has 1 amide bonds. The van der Waals surface area contributed by atoms with Crippen molar-refractivity contribution in [2.75, 3.05) is 41.0 Å². The highest BCUT2D eigenvalue weighted by Crippen LogP contribution is 2.34. The van der Waals surface area contributed by atoms with Gasteiger partial charge in [0.1, 0.15) is 5.75 Å². The zero-order valence-corrected chi connectivity index (χ0v) is 21.8. The molecule has 1 fully saturated rings. The topological polar surface area (TPSA) is 86.1 Å². The molecule has 2 aliphatic rings. The normalized spacial score (nSPS) is 19.3. The van der Waals surface area contributed by atoms with Crippen molar-refractivity contribution in [3.63, 3.8) is 0 Å². The van der Waals surface area contributed by atoms with Gasteiger partial charge in [-0.15, -0.1) is 0 Å². The second kappa shape index (κ2) is 11.3. The maximum absolute atomic E-state index is 13.4. The van der Waals surface area contributed by atoms with Crippen LogP contribution in [0.25, 0.3) is 11.3 Å². The van der Waals surface area contributed by atoms with E-state index in [1.54, 1.807) is 21.3 Å². The minimum absolute atomic E-state index is 0.219. The third-order valence-electron chi connectivity index (χ3n) is 7.68.